The van der Waals surface area contributed by atoms with Crippen molar-refractivity contribution in [3.8, 4) is 0 Å². The second-order valence-corrected chi connectivity index (χ2v) is 7.17. The molecule has 0 bridgehead atoms. The van der Waals surface area contributed by atoms with E-state index in [2.05, 4.69) is 70.9 Å². The van der Waals surface area contributed by atoms with Crippen molar-refractivity contribution in [2.24, 2.45) is 0 Å². The van der Waals surface area contributed by atoms with Crippen LogP contribution in [0.15, 0.2) is 66.0 Å². The highest BCUT2D eigenvalue weighted by Gasteiger charge is 2.27. The average molecular weight is 335 g/mol. The van der Waals surface area contributed by atoms with Gasteiger partial charge in [-0.15, -0.1) is 11.3 Å². The SMILES string of the molecule is OCc1csc2c1CCN(c1ccccc1)CC2c1ccccc1. The molecule has 122 valence electrons. The zero-order chi connectivity index (χ0) is 16.4. The largest absolute Gasteiger partial charge is 0.392 e. The lowest BCUT2D eigenvalue weighted by atomic mass is 9.94. The number of anilines is 1. The second kappa shape index (κ2) is 6.80. The third kappa shape index (κ3) is 2.85. The number of thiophene rings is 1. The standard InChI is InChI=1S/C21H21NOS/c23-14-17-15-24-21-19(17)11-12-22(18-9-5-2-6-10-18)13-20(21)16-7-3-1-4-8-16/h1-10,15,20,23H,11-14H2. The molecule has 1 atom stereocenters. The highest BCUT2D eigenvalue weighted by Crippen LogP contribution is 2.38. The van der Waals surface area contributed by atoms with Crippen LogP contribution in [-0.2, 0) is 13.0 Å². The van der Waals surface area contributed by atoms with Gasteiger partial charge in [-0.1, -0.05) is 48.5 Å². The number of hydrogen-bond donors (Lipinski definition) is 1. The predicted octanol–water partition coefficient (Wildman–Crippen LogP) is 4.44. The van der Waals surface area contributed by atoms with Crippen molar-refractivity contribution in [1.82, 2.24) is 0 Å². The van der Waals surface area contributed by atoms with E-state index in [0.29, 0.717) is 5.92 Å². The molecule has 1 unspecified atom stereocenters. The van der Waals surface area contributed by atoms with E-state index >= 15 is 0 Å². The number of rotatable bonds is 3. The van der Waals surface area contributed by atoms with Crippen LogP contribution in [0.25, 0.3) is 0 Å². The van der Waals surface area contributed by atoms with E-state index in [-0.39, 0.29) is 6.61 Å². The first-order valence-electron chi connectivity index (χ1n) is 8.41. The number of para-hydroxylation sites is 1. The highest BCUT2D eigenvalue weighted by atomic mass is 32.1. The number of hydrogen-bond acceptors (Lipinski definition) is 3. The molecule has 0 aliphatic carbocycles. The molecule has 3 heteroatoms. The third-order valence-electron chi connectivity index (χ3n) is 4.86. The molecule has 2 heterocycles. The molecule has 1 aliphatic rings. The molecule has 0 saturated heterocycles. The average Bonchev–Trinajstić information content (AvgIpc) is 2.96. The van der Waals surface area contributed by atoms with Crippen molar-refractivity contribution in [1.29, 1.82) is 0 Å². The van der Waals surface area contributed by atoms with E-state index in [4.69, 9.17) is 0 Å². The van der Waals surface area contributed by atoms with Gasteiger partial charge in [-0.25, -0.2) is 0 Å². The number of aliphatic hydroxyl groups is 1. The summed E-state index contributed by atoms with van der Waals surface area (Å²) in [6.45, 7) is 2.11. The number of aliphatic hydroxyl groups excluding tert-OH is 1. The Morgan fingerprint density at radius 2 is 1.71 bits per heavy atom. The van der Waals surface area contributed by atoms with Gasteiger partial charge in [0.15, 0.2) is 0 Å². The maximum Gasteiger partial charge on any atom is 0.0692 e. The van der Waals surface area contributed by atoms with Gasteiger partial charge in [0.2, 0.25) is 0 Å². The van der Waals surface area contributed by atoms with Gasteiger partial charge in [-0.2, -0.15) is 0 Å². The Morgan fingerprint density at radius 1 is 1.00 bits per heavy atom. The molecule has 3 aromatic rings. The molecule has 1 N–H and O–H groups in total. The van der Waals surface area contributed by atoms with Crippen molar-refractivity contribution in [2.75, 3.05) is 18.0 Å². The summed E-state index contributed by atoms with van der Waals surface area (Å²) in [4.78, 5) is 3.90. The quantitative estimate of drug-likeness (QED) is 0.765. The molecule has 1 aliphatic heterocycles. The Kier molecular flexibility index (Phi) is 4.37. The summed E-state index contributed by atoms with van der Waals surface area (Å²) in [5.74, 6) is 0.356. The van der Waals surface area contributed by atoms with Gasteiger partial charge in [0.25, 0.3) is 0 Å². The molecule has 24 heavy (non-hydrogen) atoms. The molecule has 1 aromatic heterocycles. The monoisotopic (exact) mass is 335 g/mol. The van der Waals surface area contributed by atoms with E-state index in [0.717, 1.165) is 25.1 Å². The molecular formula is C21H21NOS. The fraction of sp³-hybridized carbons (Fsp3) is 0.238. The fourth-order valence-electron chi connectivity index (χ4n) is 3.60. The predicted molar refractivity (Wildman–Crippen MR) is 101 cm³/mol. The van der Waals surface area contributed by atoms with Crippen LogP contribution in [0, 0.1) is 0 Å². The molecule has 2 aromatic carbocycles. The van der Waals surface area contributed by atoms with E-state index in [1.54, 1.807) is 11.3 Å². The molecular weight excluding hydrogens is 314 g/mol. The fourth-order valence-corrected chi connectivity index (χ4v) is 4.84. The molecule has 0 amide bonds. The number of fused-ring (bicyclic) bond motifs is 1. The van der Waals surface area contributed by atoms with E-state index < -0.39 is 0 Å². The Hall–Kier alpha value is -2.10. The van der Waals surface area contributed by atoms with Crippen LogP contribution in [0.3, 0.4) is 0 Å². The van der Waals surface area contributed by atoms with Gasteiger partial charge in [0.05, 0.1) is 6.61 Å². The van der Waals surface area contributed by atoms with Crippen LogP contribution in [0.1, 0.15) is 27.5 Å². The highest BCUT2D eigenvalue weighted by molar-refractivity contribution is 7.10. The lowest BCUT2D eigenvalue weighted by Gasteiger charge is -2.27. The van der Waals surface area contributed by atoms with Gasteiger partial charge < -0.3 is 10.0 Å². The normalized spacial score (nSPS) is 17.4. The van der Waals surface area contributed by atoms with Crippen molar-refractivity contribution in [3.63, 3.8) is 0 Å². The first kappa shape index (κ1) is 15.4. The molecule has 0 fully saturated rings. The first-order chi connectivity index (χ1) is 11.9. The zero-order valence-corrected chi connectivity index (χ0v) is 14.4. The molecule has 4 rings (SSSR count). The number of nitrogens with zero attached hydrogens (tertiary/aromatic N) is 1. The first-order valence-corrected chi connectivity index (χ1v) is 9.29. The van der Waals surface area contributed by atoms with E-state index in [1.165, 1.54) is 21.7 Å². The zero-order valence-electron chi connectivity index (χ0n) is 13.6. The second-order valence-electron chi connectivity index (χ2n) is 6.26. The van der Waals surface area contributed by atoms with Gasteiger partial charge in [0.1, 0.15) is 0 Å². The summed E-state index contributed by atoms with van der Waals surface area (Å²) >= 11 is 1.80. The Balaban J connectivity index is 1.76. The minimum Gasteiger partial charge on any atom is -0.392 e. The summed E-state index contributed by atoms with van der Waals surface area (Å²) in [5.41, 5.74) is 5.09. The van der Waals surface area contributed by atoms with Crippen molar-refractivity contribution < 1.29 is 5.11 Å². The minimum atomic E-state index is 0.138. The lowest BCUT2D eigenvalue weighted by Crippen LogP contribution is -2.28. The topological polar surface area (TPSA) is 23.5 Å². The Labute approximate surface area is 147 Å². The summed E-state index contributed by atoms with van der Waals surface area (Å²) in [6, 6.07) is 21.4. The van der Waals surface area contributed by atoms with Gasteiger partial charge in [-0.3, -0.25) is 0 Å². The molecule has 0 radical (unpaired) electrons. The van der Waals surface area contributed by atoms with Crippen LogP contribution < -0.4 is 4.90 Å². The molecule has 2 nitrogen and oxygen atoms in total. The minimum absolute atomic E-state index is 0.138. The molecule has 0 saturated carbocycles. The number of benzene rings is 2. The van der Waals surface area contributed by atoms with Crippen molar-refractivity contribution >= 4 is 17.0 Å². The van der Waals surface area contributed by atoms with Crippen molar-refractivity contribution in [2.45, 2.75) is 18.9 Å². The maximum atomic E-state index is 9.71. The Bertz CT molecular complexity index is 797. The third-order valence-corrected chi connectivity index (χ3v) is 6.05. The van der Waals surface area contributed by atoms with Crippen molar-refractivity contribution in [3.05, 3.63) is 87.6 Å². The van der Waals surface area contributed by atoms with Gasteiger partial charge in [0, 0.05) is 29.6 Å². The van der Waals surface area contributed by atoms with Crippen LogP contribution in [0.5, 0.6) is 0 Å². The van der Waals surface area contributed by atoms with E-state index in [9.17, 15) is 5.11 Å². The maximum absolute atomic E-state index is 9.71. The summed E-state index contributed by atoms with van der Waals surface area (Å²) in [7, 11) is 0. The lowest BCUT2D eigenvalue weighted by molar-refractivity contribution is 0.281. The molecule has 0 spiro atoms. The van der Waals surface area contributed by atoms with Crippen LogP contribution in [0.2, 0.25) is 0 Å². The summed E-state index contributed by atoms with van der Waals surface area (Å²) in [6.07, 6.45) is 0.993. The van der Waals surface area contributed by atoms with Gasteiger partial charge >= 0.3 is 0 Å². The van der Waals surface area contributed by atoms with E-state index in [1.807, 2.05) is 0 Å². The summed E-state index contributed by atoms with van der Waals surface area (Å²) in [5, 5.41) is 11.8. The van der Waals surface area contributed by atoms with Crippen LogP contribution in [-0.4, -0.2) is 18.2 Å². The van der Waals surface area contributed by atoms with Gasteiger partial charge in [-0.05, 0) is 40.6 Å². The van der Waals surface area contributed by atoms with Crippen LogP contribution >= 0.6 is 11.3 Å². The summed E-state index contributed by atoms with van der Waals surface area (Å²) < 4.78 is 0. The smallest absolute Gasteiger partial charge is 0.0692 e. The Morgan fingerprint density at radius 3 is 2.42 bits per heavy atom. The van der Waals surface area contributed by atoms with Crippen LogP contribution in [0.4, 0.5) is 5.69 Å².